The van der Waals surface area contributed by atoms with Crippen LogP contribution in [0.2, 0.25) is 0 Å². The van der Waals surface area contributed by atoms with E-state index in [1.165, 1.54) is 16.6 Å². The second-order valence-corrected chi connectivity index (χ2v) is 6.96. The Morgan fingerprint density at radius 2 is 1.82 bits per heavy atom. The normalized spacial score (nSPS) is 12.9. The van der Waals surface area contributed by atoms with Crippen LogP contribution in [0, 0.1) is 0 Å². The highest BCUT2D eigenvalue weighted by atomic mass is 16.5. The fraction of sp³-hybridized carbons (Fsp3) is 0.391. The SMILES string of the molecule is C=O.CNc1ccc2c(nc(C(C)c3ccccc3)n2C)c1CCC(C)OC. The van der Waals surface area contributed by atoms with E-state index in [0.29, 0.717) is 0 Å². The zero-order valence-corrected chi connectivity index (χ0v) is 17.5. The third kappa shape index (κ3) is 4.42. The molecule has 3 aromatic rings. The second kappa shape index (κ2) is 10.0. The fourth-order valence-corrected chi connectivity index (χ4v) is 3.56. The molecule has 2 aromatic carbocycles. The van der Waals surface area contributed by atoms with Crippen LogP contribution in [0.3, 0.4) is 0 Å². The quantitative estimate of drug-likeness (QED) is 0.652. The molecule has 0 amide bonds. The molecule has 0 aliphatic rings. The van der Waals surface area contributed by atoms with Crippen LogP contribution in [0.1, 0.15) is 43.1 Å². The van der Waals surface area contributed by atoms with Crippen molar-refractivity contribution in [1.82, 2.24) is 9.55 Å². The Bertz CT molecular complexity index is 890. The van der Waals surface area contributed by atoms with Crippen molar-refractivity contribution in [1.29, 1.82) is 0 Å². The van der Waals surface area contributed by atoms with Gasteiger partial charge in [0.25, 0.3) is 0 Å². The number of nitrogens with one attached hydrogen (secondary N) is 1. The van der Waals surface area contributed by atoms with Crippen LogP contribution in [0.4, 0.5) is 5.69 Å². The minimum absolute atomic E-state index is 0.237. The molecular formula is C23H31N3O2. The molecule has 0 fully saturated rings. The zero-order valence-electron chi connectivity index (χ0n) is 17.5. The van der Waals surface area contributed by atoms with E-state index in [0.717, 1.165) is 29.9 Å². The topological polar surface area (TPSA) is 56.2 Å². The van der Waals surface area contributed by atoms with Crippen LogP contribution in [0.25, 0.3) is 11.0 Å². The predicted octanol–water partition coefficient (Wildman–Crippen LogP) is 4.55. The number of hydrogen-bond donors (Lipinski definition) is 1. The number of hydrogen-bond acceptors (Lipinski definition) is 4. The van der Waals surface area contributed by atoms with Crippen molar-refractivity contribution in [2.75, 3.05) is 19.5 Å². The van der Waals surface area contributed by atoms with Gasteiger partial charge in [0.1, 0.15) is 12.6 Å². The van der Waals surface area contributed by atoms with Gasteiger partial charge in [-0.25, -0.2) is 4.98 Å². The summed E-state index contributed by atoms with van der Waals surface area (Å²) in [6.45, 7) is 6.34. The smallest absolute Gasteiger partial charge is 0.116 e. The molecule has 28 heavy (non-hydrogen) atoms. The Labute approximate surface area is 167 Å². The number of anilines is 1. The first-order valence-electron chi connectivity index (χ1n) is 9.59. The van der Waals surface area contributed by atoms with Gasteiger partial charge in [0.2, 0.25) is 0 Å². The van der Waals surface area contributed by atoms with E-state index in [1.54, 1.807) is 7.11 Å². The number of carbonyl (C=O) groups excluding carboxylic acids is 1. The van der Waals surface area contributed by atoms with E-state index in [9.17, 15) is 0 Å². The summed E-state index contributed by atoms with van der Waals surface area (Å²) in [5.74, 6) is 1.35. The van der Waals surface area contributed by atoms with E-state index in [-0.39, 0.29) is 12.0 Å². The summed E-state index contributed by atoms with van der Waals surface area (Å²) in [5, 5.41) is 3.33. The summed E-state index contributed by atoms with van der Waals surface area (Å²) in [6.07, 6.45) is 2.16. The number of methoxy groups -OCH3 is 1. The molecule has 0 saturated heterocycles. The maximum atomic E-state index is 8.00. The molecule has 150 valence electrons. The van der Waals surface area contributed by atoms with Crippen molar-refractivity contribution in [2.24, 2.45) is 7.05 Å². The van der Waals surface area contributed by atoms with E-state index in [1.807, 2.05) is 13.8 Å². The lowest BCUT2D eigenvalue weighted by Crippen LogP contribution is -2.07. The zero-order chi connectivity index (χ0) is 20.7. The molecule has 0 saturated carbocycles. The highest BCUT2D eigenvalue weighted by Gasteiger charge is 2.19. The number of aromatic nitrogens is 2. The van der Waals surface area contributed by atoms with Gasteiger partial charge in [-0.1, -0.05) is 37.3 Å². The monoisotopic (exact) mass is 381 g/mol. The van der Waals surface area contributed by atoms with Gasteiger partial charge in [-0.3, -0.25) is 0 Å². The molecule has 1 aromatic heterocycles. The summed E-state index contributed by atoms with van der Waals surface area (Å²) in [7, 11) is 5.86. The molecule has 0 aliphatic heterocycles. The molecule has 1 heterocycles. The van der Waals surface area contributed by atoms with Crippen LogP contribution < -0.4 is 5.32 Å². The summed E-state index contributed by atoms with van der Waals surface area (Å²) in [4.78, 5) is 13.1. The molecule has 2 unspecified atom stereocenters. The third-order valence-corrected chi connectivity index (χ3v) is 5.35. The summed E-state index contributed by atoms with van der Waals surface area (Å²) < 4.78 is 7.67. The third-order valence-electron chi connectivity index (χ3n) is 5.35. The number of ether oxygens (including phenoxy) is 1. The first kappa shape index (κ1) is 21.6. The molecule has 0 radical (unpaired) electrons. The molecule has 5 heteroatoms. The highest BCUT2D eigenvalue weighted by molar-refractivity contribution is 5.85. The van der Waals surface area contributed by atoms with Gasteiger partial charge in [-0.05, 0) is 37.5 Å². The Morgan fingerprint density at radius 1 is 1.14 bits per heavy atom. The van der Waals surface area contributed by atoms with Crippen molar-refractivity contribution in [3.8, 4) is 0 Å². The van der Waals surface area contributed by atoms with Gasteiger partial charge >= 0.3 is 0 Å². The lowest BCUT2D eigenvalue weighted by Gasteiger charge is -2.13. The number of rotatable bonds is 7. The van der Waals surface area contributed by atoms with Crippen LogP contribution in [0.15, 0.2) is 42.5 Å². The van der Waals surface area contributed by atoms with E-state index < -0.39 is 0 Å². The standard InChI is InChI=1S/C22H29N3O.CH2O/c1-15(26-5)11-12-18-19(23-3)13-14-20-21(18)24-22(25(20)4)16(2)17-9-7-6-8-10-17;1-2/h6-10,13-16,23H,11-12H2,1-5H3;1H2. The maximum absolute atomic E-state index is 8.00. The number of aryl methyl sites for hydroxylation is 2. The summed E-state index contributed by atoms with van der Waals surface area (Å²) in [6, 6.07) is 14.9. The fourth-order valence-electron chi connectivity index (χ4n) is 3.56. The average molecular weight is 382 g/mol. The number of fused-ring (bicyclic) bond motifs is 1. The molecule has 0 aliphatic carbocycles. The van der Waals surface area contributed by atoms with E-state index >= 15 is 0 Å². The molecule has 5 nitrogen and oxygen atoms in total. The molecule has 0 bridgehead atoms. The highest BCUT2D eigenvalue weighted by Crippen LogP contribution is 2.31. The van der Waals surface area contributed by atoms with E-state index in [2.05, 4.69) is 73.2 Å². The number of benzene rings is 2. The Kier molecular flexibility index (Phi) is 7.76. The number of nitrogens with zero attached hydrogens (tertiary/aromatic N) is 2. The van der Waals surface area contributed by atoms with E-state index in [4.69, 9.17) is 14.5 Å². The van der Waals surface area contributed by atoms with Crippen LogP contribution in [-0.4, -0.2) is 36.6 Å². The van der Waals surface area contributed by atoms with Crippen LogP contribution >= 0.6 is 0 Å². The van der Waals surface area contributed by atoms with Crippen molar-refractivity contribution < 1.29 is 9.53 Å². The molecule has 2 atom stereocenters. The van der Waals surface area contributed by atoms with Gasteiger partial charge in [-0.2, -0.15) is 0 Å². The van der Waals surface area contributed by atoms with Crippen molar-refractivity contribution in [3.05, 3.63) is 59.4 Å². The number of carbonyl (C=O) groups is 1. The first-order valence-corrected chi connectivity index (χ1v) is 9.59. The van der Waals surface area contributed by atoms with Crippen molar-refractivity contribution >= 4 is 23.5 Å². The van der Waals surface area contributed by atoms with Gasteiger partial charge in [0.15, 0.2) is 0 Å². The largest absolute Gasteiger partial charge is 0.388 e. The summed E-state index contributed by atoms with van der Waals surface area (Å²) in [5.41, 5.74) is 5.99. The Morgan fingerprint density at radius 3 is 2.43 bits per heavy atom. The maximum Gasteiger partial charge on any atom is 0.116 e. The lowest BCUT2D eigenvalue weighted by molar-refractivity contribution is -0.0979. The molecule has 0 spiro atoms. The van der Waals surface area contributed by atoms with Crippen LogP contribution in [0.5, 0.6) is 0 Å². The van der Waals surface area contributed by atoms with Gasteiger partial charge in [0.05, 0.1) is 17.1 Å². The Hall–Kier alpha value is -2.66. The first-order chi connectivity index (χ1) is 13.6. The number of imidazole rings is 1. The lowest BCUT2D eigenvalue weighted by atomic mass is 10.0. The van der Waals surface area contributed by atoms with Gasteiger partial charge < -0.3 is 19.4 Å². The molecule has 1 N–H and O–H groups in total. The van der Waals surface area contributed by atoms with Crippen molar-refractivity contribution in [2.45, 2.75) is 38.7 Å². The predicted molar refractivity (Wildman–Crippen MR) is 116 cm³/mol. The van der Waals surface area contributed by atoms with Crippen LogP contribution in [-0.2, 0) is 23.0 Å². The minimum atomic E-state index is 0.237. The Balaban J connectivity index is 0.00000136. The minimum Gasteiger partial charge on any atom is -0.388 e. The molecular weight excluding hydrogens is 350 g/mol. The average Bonchev–Trinajstić information content (AvgIpc) is 3.09. The second-order valence-electron chi connectivity index (χ2n) is 6.96. The van der Waals surface area contributed by atoms with Gasteiger partial charge in [-0.15, -0.1) is 0 Å². The van der Waals surface area contributed by atoms with Crippen molar-refractivity contribution in [3.63, 3.8) is 0 Å². The summed E-state index contributed by atoms with van der Waals surface area (Å²) >= 11 is 0. The van der Waals surface area contributed by atoms with Gasteiger partial charge in [0, 0.05) is 38.4 Å². The molecule has 3 rings (SSSR count).